The summed E-state index contributed by atoms with van der Waals surface area (Å²) in [4.78, 5) is 25.1. The third kappa shape index (κ3) is 5.82. The van der Waals surface area contributed by atoms with Gasteiger partial charge in [-0.25, -0.2) is 8.42 Å². The van der Waals surface area contributed by atoms with Crippen LogP contribution in [0.15, 0.2) is 45.9 Å². The highest BCUT2D eigenvalue weighted by Gasteiger charge is 2.30. The van der Waals surface area contributed by atoms with E-state index in [1.54, 1.807) is 17.8 Å². The monoisotopic (exact) mass is 485 g/mol. The number of nitrogens with zero attached hydrogens (tertiary/aromatic N) is 1. The van der Waals surface area contributed by atoms with Crippen LogP contribution in [0.25, 0.3) is 0 Å². The minimum atomic E-state index is -3.75. The normalized spacial score (nSPS) is 15.5. The Balaban J connectivity index is 1.77. The quantitative estimate of drug-likeness (QED) is 0.564. The Morgan fingerprint density at radius 3 is 2.65 bits per heavy atom. The van der Waals surface area contributed by atoms with Gasteiger partial charge in [0.25, 0.3) is 5.91 Å². The van der Waals surface area contributed by atoms with Crippen LogP contribution >= 0.6 is 23.4 Å². The van der Waals surface area contributed by atoms with Crippen LogP contribution in [0.1, 0.15) is 29.8 Å². The molecule has 0 aliphatic carbocycles. The number of rotatable bonds is 9. The van der Waals surface area contributed by atoms with Crippen molar-refractivity contribution in [2.75, 3.05) is 30.4 Å². The summed E-state index contributed by atoms with van der Waals surface area (Å²) in [7, 11) is -3.75. The van der Waals surface area contributed by atoms with E-state index in [1.165, 1.54) is 34.8 Å². The molecule has 0 bridgehead atoms. The third-order valence-corrected chi connectivity index (χ3v) is 7.88. The first kappa shape index (κ1) is 23.6. The molecule has 31 heavy (non-hydrogen) atoms. The van der Waals surface area contributed by atoms with Crippen LogP contribution in [0.4, 0.5) is 5.69 Å². The van der Waals surface area contributed by atoms with E-state index in [2.05, 4.69) is 10.6 Å². The molecule has 2 N–H and O–H groups in total. The van der Waals surface area contributed by atoms with Crippen LogP contribution in [0.5, 0.6) is 0 Å². The molecule has 2 aromatic rings. The van der Waals surface area contributed by atoms with Crippen molar-refractivity contribution in [1.29, 1.82) is 0 Å². The molecule has 2 heterocycles. The lowest BCUT2D eigenvalue weighted by atomic mass is 10.2. The van der Waals surface area contributed by atoms with Gasteiger partial charge in [-0.05, 0) is 61.6 Å². The van der Waals surface area contributed by atoms with Crippen LogP contribution in [-0.2, 0) is 14.8 Å². The first-order chi connectivity index (χ1) is 14.8. The molecule has 8 nitrogen and oxygen atoms in total. The number of benzene rings is 1. The Kier molecular flexibility index (Phi) is 8.04. The highest BCUT2D eigenvalue weighted by molar-refractivity contribution is 7.98. The zero-order valence-corrected chi connectivity index (χ0v) is 19.4. The van der Waals surface area contributed by atoms with E-state index in [-0.39, 0.29) is 21.4 Å². The first-order valence-electron chi connectivity index (χ1n) is 9.77. The number of carbonyl (C=O) groups is 2. The number of furan rings is 1. The number of halogens is 1. The fraction of sp³-hybridized carbons (Fsp3) is 0.400. The second kappa shape index (κ2) is 10.5. The fourth-order valence-electron chi connectivity index (χ4n) is 3.22. The summed E-state index contributed by atoms with van der Waals surface area (Å²) >= 11 is 7.71. The van der Waals surface area contributed by atoms with Gasteiger partial charge in [-0.2, -0.15) is 16.1 Å². The average molecular weight is 486 g/mol. The second-order valence-corrected chi connectivity index (χ2v) is 10.3. The predicted molar refractivity (Wildman–Crippen MR) is 121 cm³/mol. The standard InChI is InChI=1S/C20H24ClN3O5S2/c1-30-12-8-16(23-20(26)17-5-4-11-29-17)19(25)22-14-6-7-15(21)18(13-14)31(27,28)24-9-2-3-10-24/h4-7,11,13,16H,2-3,8-10,12H2,1H3,(H,22,25)(H,23,26). The van der Waals surface area contributed by atoms with Gasteiger partial charge in [0.1, 0.15) is 10.9 Å². The zero-order valence-electron chi connectivity index (χ0n) is 17.0. The Labute approximate surface area is 190 Å². The molecule has 1 fully saturated rings. The molecule has 1 aliphatic heterocycles. The SMILES string of the molecule is CSCCC(NC(=O)c1ccco1)C(=O)Nc1ccc(Cl)c(S(=O)(=O)N2CCCC2)c1. The molecule has 1 aromatic heterocycles. The van der Waals surface area contributed by atoms with Crippen molar-refractivity contribution >= 4 is 50.9 Å². The molecule has 1 saturated heterocycles. The molecular formula is C20H24ClN3O5S2. The summed E-state index contributed by atoms with van der Waals surface area (Å²) in [6.07, 6.45) is 5.28. The Hall–Kier alpha value is -2.01. The summed E-state index contributed by atoms with van der Waals surface area (Å²) < 4.78 is 32.3. The maximum absolute atomic E-state index is 12.9. The molecule has 1 aromatic carbocycles. The lowest BCUT2D eigenvalue weighted by Crippen LogP contribution is -2.44. The van der Waals surface area contributed by atoms with Gasteiger partial charge >= 0.3 is 0 Å². The molecule has 1 atom stereocenters. The van der Waals surface area contributed by atoms with Crippen LogP contribution in [-0.4, -0.2) is 55.7 Å². The Morgan fingerprint density at radius 2 is 2.00 bits per heavy atom. The number of hydrogen-bond acceptors (Lipinski definition) is 6. The van der Waals surface area contributed by atoms with Crippen molar-refractivity contribution in [3.8, 4) is 0 Å². The summed E-state index contributed by atoms with van der Waals surface area (Å²) in [5.74, 6) is -0.209. The first-order valence-corrected chi connectivity index (χ1v) is 13.0. The van der Waals surface area contributed by atoms with Gasteiger partial charge in [-0.1, -0.05) is 11.6 Å². The lowest BCUT2D eigenvalue weighted by molar-refractivity contribution is -0.118. The molecule has 168 valence electrons. The summed E-state index contributed by atoms with van der Waals surface area (Å²) in [5.41, 5.74) is 0.286. The molecule has 0 saturated carbocycles. The number of nitrogens with one attached hydrogen (secondary N) is 2. The van der Waals surface area contributed by atoms with E-state index in [4.69, 9.17) is 16.0 Å². The molecular weight excluding hydrogens is 462 g/mol. The zero-order chi connectivity index (χ0) is 22.4. The number of thioether (sulfide) groups is 1. The van der Waals surface area contributed by atoms with Crippen molar-refractivity contribution in [2.24, 2.45) is 0 Å². The minimum Gasteiger partial charge on any atom is -0.459 e. The summed E-state index contributed by atoms with van der Waals surface area (Å²) in [5, 5.41) is 5.45. The molecule has 11 heteroatoms. The van der Waals surface area contributed by atoms with Crippen LogP contribution in [0.3, 0.4) is 0 Å². The van der Waals surface area contributed by atoms with Crippen molar-refractivity contribution in [3.63, 3.8) is 0 Å². The summed E-state index contributed by atoms with van der Waals surface area (Å²) in [6.45, 7) is 0.898. The number of amides is 2. The molecule has 0 spiro atoms. The molecule has 1 aliphatic rings. The maximum Gasteiger partial charge on any atom is 0.287 e. The van der Waals surface area contributed by atoms with Crippen LogP contribution < -0.4 is 10.6 Å². The molecule has 0 radical (unpaired) electrons. The molecule has 3 rings (SSSR count). The second-order valence-electron chi connectivity index (χ2n) is 7.03. The van der Waals surface area contributed by atoms with Crippen LogP contribution in [0, 0.1) is 0 Å². The van der Waals surface area contributed by atoms with E-state index in [9.17, 15) is 18.0 Å². The Bertz CT molecular complexity index is 1020. The average Bonchev–Trinajstić information content (AvgIpc) is 3.46. The van der Waals surface area contributed by atoms with E-state index in [1.807, 2.05) is 6.26 Å². The topological polar surface area (TPSA) is 109 Å². The largest absolute Gasteiger partial charge is 0.459 e. The van der Waals surface area contributed by atoms with Gasteiger partial charge in [0, 0.05) is 18.8 Å². The predicted octanol–water partition coefficient (Wildman–Crippen LogP) is 3.21. The van der Waals surface area contributed by atoms with Crippen molar-refractivity contribution in [3.05, 3.63) is 47.4 Å². The minimum absolute atomic E-state index is 0.0471. The van der Waals surface area contributed by atoms with Crippen molar-refractivity contribution in [2.45, 2.75) is 30.2 Å². The van der Waals surface area contributed by atoms with E-state index >= 15 is 0 Å². The van der Waals surface area contributed by atoms with Gasteiger partial charge in [-0.15, -0.1) is 0 Å². The van der Waals surface area contributed by atoms with Gasteiger partial charge in [0.05, 0.1) is 11.3 Å². The van der Waals surface area contributed by atoms with Gasteiger partial charge in [-0.3, -0.25) is 9.59 Å². The third-order valence-electron chi connectivity index (χ3n) is 4.86. The fourth-order valence-corrected chi connectivity index (χ4v) is 5.71. The number of anilines is 1. The van der Waals surface area contributed by atoms with Crippen LogP contribution in [0.2, 0.25) is 5.02 Å². The number of sulfonamides is 1. The maximum atomic E-state index is 12.9. The van der Waals surface area contributed by atoms with Crippen molar-refractivity contribution < 1.29 is 22.4 Å². The van der Waals surface area contributed by atoms with E-state index in [0.29, 0.717) is 25.3 Å². The lowest BCUT2D eigenvalue weighted by Gasteiger charge is -2.19. The van der Waals surface area contributed by atoms with Crippen molar-refractivity contribution in [1.82, 2.24) is 9.62 Å². The highest BCUT2D eigenvalue weighted by atomic mass is 35.5. The van der Waals surface area contributed by atoms with Gasteiger partial charge in [0.15, 0.2) is 5.76 Å². The van der Waals surface area contributed by atoms with E-state index < -0.39 is 27.9 Å². The number of carbonyl (C=O) groups excluding carboxylic acids is 2. The summed E-state index contributed by atoms with van der Waals surface area (Å²) in [6, 6.07) is 6.60. The van der Waals surface area contributed by atoms with Gasteiger partial charge in [0.2, 0.25) is 15.9 Å². The van der Waals surface area contributed by atoms with E-state index in [0.717, 1.165) is 12.8 Å². The smallest absolute Gasteiger partial charge is 0.287 e. The molecule has 2 amide bonds. The Morgan fingerprint density at radius 1 is 1.26 bits per heavy atom. The van der Waals surface area contributed by atoms with Gasteiger partial charge < -0.3 is 15.1 Å². The number of hydrogen-bond donors (Lipinski definition) is 2. The molecule has 1 unspecified atom stereocenters. The highest BCUT2D eigenvalue weighted by Crippen LogP contribution is 2.29.